The van der Waals surface area contributed by atoms with Crippen LogP contribution in [0, 0.1) is 0 Å². The zero-order valence-electron chi connectivity index (χ0n) is 8.34. The lowest BCUT2D eigenvalue weighted by Crippen LogP contribution is -2.43. The summed E-state index contributed by atoms with van der Waals surface area (Å²) in [4.78, 5) is 10.3. The molecule has 0 heterocycles. The summed E-state index contributed by atoms with van der Waals surface area (Å²) in [6.45, 7) is 2.79. The Labute approximate surface area is 83.2 Å². The molecule has 7 heteroatoms. The predicted octanol–water partition coefficient (Wildman–Crippen LogP) is -0.898. The molecule has 1 unspecified atom stereocenters. The zero-order chi connectivity index (χ0) is 11.5. The van der Waals surface area contributed by atoms with E-state index in [4.69, 9.17) is 10.2 Å². The highest BCUT2D eigenvalue weighted by atomic mass is 32.2. The number of sulfonamides is 1. The molecule has 0 fully saturated rings. The maximum atomic E-state index is 11.2. The first-order chi connectivity index (χ1) is 6.16. The fourth-order valence-corrected chi connectivity index (χ4v) is 2.16. The molecule has 84 valence electrons. The summed E-state index contributed by atoms with van der Waals surface area (Å²) in [6.07, 6.45) is -0.714. The van der Waals surface area contributed by atoms with Crippen LogP contribution < -0.4 is 0 Å². The van der Waals surface area contributed by atoms with Crippen molar-refractivity contribution >= 4 is 16.0 Å². The lowest BCUT2D eigenvalue weighted by atomic mass is 10.3. The summed E-state index contributed by atoms with van der Waals surface area (Å²) < 4.78 is 23.2. The monoisotopic (exact) mass is 225 g/mol. The molecule has 0 aromatic rings. The Morgan fingerprint density at radius 2 is 1.86 bits per heavy atom. The summed E-state index contributed by atoms with van der Waals surface area (Å²) in [5.41, 5.74) is 0. The van der Waals surface area contributed by atoms with Crippen LogP contribution in [0.3, 0.4) is 0 Å². The Balaban J connectivity index is 4.65. The quantitative estimate of drug-likeness (QED) is 0.632. The third-order valence-corrected chi connectivity index (χ3v) is 3.06. The van der Waals surface area contributed by atoms with Gasteiger partial charge < -0.3 is 10.2 Å². The minimum absolute atomic E-state index is 0.376. The standard InChI is InChI=1S/C7H15NO5S/c1-5(2)8(14(3,12)13)4-6(9)7(10)11/h5-6,9H,4H2,1-3H3,(H,10,11). The van der Waals surface area contributed by atoms with E-state index < -0.39 is 28.6 Å². The van der Waals surface area contributed by atoms with E-state index in [1.165, 1.54) is 0 Å². The third-order valence-electron chi connectivity index (χ3n) is 1.64. The molecule has 0 saturated heterocycles. The van der Waals surface area contributed by atoms with Gasteiger partial charge in [-0.3, -0.25) is 0 Å². The summed E-state index contributed by atoms with van der Waals surface area (Å²) in [6, 6.07) is -0.376. The van der Waals surface area contributed by atoms with Gasteiger partial charge in [0.15, 0.2) is 6.10 Å². The smallest absolute Gasteiger partial charge is 0.333 e. The third kappa shape index (κ3) is 4.03. The molecule has 0 aromatic carbocycles. The van der Waals surface area contributed by atoms with E-state index in [2.05, 4.69) is 0 Å². The van der Waals surface area contributed by atoms with Crippen molar-refractivity contribution < 1.29 is 23.4 Å². The highest BCUT2D eigenvalue weighted by molar-refractivity contribution is 7.88. The summed E-state index contributed by atoms with van der Waals surface area (Å²) >= 11 is 0. The van der Waals surface area contributed by atoms with E-state index in [0.29, 0.717) is 0 Å². The van der Waals surface area contributed by atoms with Crippen LogP contribution in [0.1, 0.15) is 13.8 Å². The molecule has 0 amide bonds. The molecule has 0 spiro atoms. The van der Waals surface area contributed by atoms with Gasteiger partial charge in [0.2, 0.25) is 10.0 Å². The van der Waals surface area contributed by atoms with Gasteiger partial charge in [-0.05, 0) is 13.8 Å². The number of hydrogen-bond donors (Lipinski definition) is 2. The molecule has 0 rings (SSSR count). The van der Waals surface area contributed by atoms with Gasteiger partial charge in [0, 0.05) is 6.04 Å². The lowest BCUT2D eigenvalue weighted by molar-refractivity contribution is -0.147. The van der Waals surface area contributed by atoms with Crippen LogP contribution >= 0.6 is 0 Å². The van der Waals surface area contributed by atoms with Crippen molar-refractivity contribution in [3.8, 4) is 0 Å². The Morgan fingerprint density at radius 1 is 1.43 bits per heavy atom. The first kappa shape index (κ1) is 13.3. The minimum atomic E-state index is -3.48. The molecule has 6 nitrogen and oxygen atoms in total. The van der Waals surface area contributed by atoms with Gasteiger partial charge >= 0.3 is 5.97 Å². The van der Waals surface area contributed by atoms with Gasteiger partial charge in [-0.25, -0.2) is 13.2 Å². The number of nitrogens with zero attached hydrogens (tertiary/aromatic N) is 1. The van der Waals surface area contributed by atoms with Crippen LogP contribution in [0.4, 0.5) is 0 Å². The van der Waals surface area contributed by atoms with Crippen LogP contribution in [0.5, 0.6) is 0 Å². The van der Waals surface area contributed by atoms with Gasteiger partial charge in [0.05, 0.1) is 12.8 Å². The number of aliphatic hydroxyl groups is 1. The van der Waals surface area contributed by atoms with E-state index in [9.17, 15) is 13.2 Å². The van der Waals surface area contributed by atoms with Crippen LogP contribution in [-0.2, 0) is 14.8 Å². The number of carboxylic acids is 1. The number of aliphatic hydroxyl groups excluding tert-OH is 1. The number of aliphatic carboxylic acids is 1. The van der Waals surface area contributed by atoms with Gasteiger partial charge in [0.25, 0.3) is 0 Å². The second-order valence-electron chi connectivity index (χ2n) is 3.28. The van der Waals surface area contributed by atoms with E-state index in [1.54, 1.807) is 13.8 Å². The Kier molecular flexibility index (Phi) is 4.50. The second-order valence-corrected chi connectivity index (χ2v) is 5.22. The van der Waals surface area contributed by atoms with Gasteiger partial charge in [-0.1, -0.05) is 0 Å². The molecule has 14 heavy (non-hydrogen) atoms. The highest BCUT2D eigenvalue weighted by Gasteiger charge is 2.26. The molecular weight excluding hydrogens is 210 g/mol. The van der Waals surface area contributed by atoms with E-state index in [0.717, 1.165) is 10.6 Å². The fourth-order valence-electron chi connectivity index (χ4n) is 0.978. The highest BCUT2D eigenvalue weighted by Crippen LogP contribution is 2.06. The molecule has 2 N–H and O–H groups in total. The molecule has 0 aliphatic rings. The maximum Gasteiger partial charge on any atom is 0.333 e. The number of carbonyl (C=O) groups is 1. The first-order valence-corrected chi connectivity index (χ1v) is 5.88. The van der Waals surface area contributed by atoms with Crippen LogP contribution in [-0.4, -0.2) is 53.9 Å². The summed E-state index contributed by atoms with van der Waals surface area (Å²) in [7, 11) is -3.48. The van der Waals surface area contributed by atoms with E-state index in [-0.39, 0.29) is 6.04 Å². The van der Waals surface area contributed by atoms with Crippen molar-refractivity contribution in [2.24, 2.45) is 0 Å². The zero-order valence-corrected chi connectivity index (χ0v) is 9.15. The molecule has 0 aliphatic heterocycles. The van der Waals surface area contributed by atoms with Crippen molar-refractivity contribution in [2.75, 3.05) is 12.8 Å². The summed E-state index contributed by atoms with van der Waals surface area (Å²) in [5, 5.41) is 17.4. The maximum absolute atomic E-state index is 11.2. The molecule has 0 aliphatic carbocycles. The Morgan fingerprint density at radius 3 is 2.07 bits per heavy atom. The first-order valence-electron chi connectivity index (χ1n) is 4.04. The average Bonchev–Trinajstić information content (AvgIpc) is 1.96. The molecule has 1 atom stereocenters. The average molecular weight is 225 g/mol. The SMILES string of the molecule is CC(C)N(CC(O)C(=O)O)S(C)(=O)=O. The van der Waals surface area contributed by atoms with Crippen LogP contribution in [0.15, 0.2) is 0 Å². The molecule has 0 aromatic heterocycles. The number of carboxylic acid groups (broad SMARTS) is 1. The van der Waals surface area contributed by atoms with E-state index in [1.807, 2.05) is 0 Å². The molecule has 0 radical (unpaired) electrons. The van der Waals surface area contributed by atoms with Crippen molar-refractivity contribution in [2.45, 2.75) is 26.0 Å². The molecule has 0 saturated carbocycles. The van der Waals surface area contributed by atoms with Crippen molar-refractivity contribution in [3.63, 3.8) is 0 Å². The van der Waals surface area contributed by atoms with Crippen LogP contribution in [0.25, 0.3) is 0 Å². The largest absolute Gasteiger partial charge is 0.479 e. The second kappa shape index (κ2) is 4.72. The van der Waals surface area contributed by atoms with Crippen LogP contribution in [0.2, 0.25) is 0 Å². The number of rotatable bonds is 5. The summed E-state index contributed by atoms with van der Waals surface area (Å²) in [5.74, 6) is -1.43. The fraction of sp³-hybridized carbons (Fsp3) is 0.857. The van der Waals surface area contributed by atoms with E-state index >= 15 is 0 Å². The Hall–Kier alpha value is -0.660. The predicted molar refractivity (Wildman–Crippen MR) is 50.3 cm³/mol. The topological polar surface area (TPSA) is 94.9 Å². The van der Waals surface area contributed by atoms with Crippen molar-refractivity contribution in [1.82, 2.24) is 4.31 Å². The lowest BCUT2D eigenvalue weighted by Gasteiger charge is -2.24. The number of hydrogen-bond acceptors (Lipinski definition) is 4. The van der Waals surface area contributed by atoms with Gasteiger partial charge in [-0.2, -0.15) is 4.31 Å². The van der Waals surface area contributed by atoms with Gasteiger partial charge in [-0.15, -0.1) is 0 Å². The van der Waals surface area contributed by atoms with Gasteiger partial charge in [0.1, 0.15) is 0 Å². The van der Waals surface area contributed by atoms with Crippen molar-refractivity contribution in [1.29, 1.82) is 0 Å². The van der Waals surface area contributed by atoms with Crippen molar-refractivity contribution in [3.05, 3.63) is 0 Å². The molecule has 0 bridgehead atoms. The Bertz CT molecular complexity index is 297. The normalized spacial score (nSPS) is 14.7. The molecular formula is C7H15NO5S. The minimum Gasteiger partial charge on any atom is -0.479 e.